The number of benzene rings is 1. The number of hydrogen-bond donors (Lipinski definition) is 2. The fourth-order valence-corrected chi connectivity index (χ4v) is 3.35. The molecule has 0 aliphatic rings. The summed E-state index contributed by atoms with van der Waals surface area (Å²) < 4.78 is 12.2. The molecule has 0 atom stereocenters. The van der Waals surface area contributed by atoms with E-state index in [9.17, 15) is 4.79 Å². The molecule has 10 nitrogen and oxygen atoms in total. The summed E-state index contributed by atoms with van der Waals surface area (Å²) in [5.41, 5.74) is 7.85. The number of methoxy groups -OCH3 is 1. The van der Waals surface area contributed by atoms with E-state index >= 15 is 0 Å². The molecule has 5 rings (SSSR count). The van der Waals surface area contributed by atoms with Gasteiger partial charge in [0.15, 0.2) is 5.65 Å². The molecule has 0 spiro atoms. The van der Waals surface area contributed by atoms with Crippen LogP contribution in [0.15, 0.2) is 77.7 Å². The molecule has 0 aliphatic heterocycles. The van der Waals surface area contributed by atoms with Crippen LogP contribution in [-0.2, 0) is 6.54 Å². The van der Waals surface area contributed by atoms with Gasteiger partial charge in [-0.2, -0.15) is 10.1 Å². The standard InChI is InChI=1S/C23H19N7O3/c1-32-20-9-10-24-23(27-20)29-28-22(31)17-12-19(15-6-3-2-4-7-15)26-21-18(17)13-25-30(21)14-16-8-5-11-33-16/h2-13H,14H2,1H3,(H,28,31)(H,24,27,29). The zero-order valence-electron chi connectivity index (χ0n) is 17.6. The highest BCUT2D eigenvalue weighted by atomic mass is 16.5. The second-order valence-corrected chi connectivity index (χ2v) is 7.04. The number of carbonyl (C=O) groups excluding carboxylic acids is 1. The first kappa shape index (κ1) is 20.2. The van der Waals surface area contributed by atoms with E-state index in [1.807, 2.05) is 42.5 Å². The maximum Gasteiger partial charge on any atom is 0.270 e. The molecule has 0 fully saturated rings. The molecule has 164 valence electrons. The van der Waals surface area contributed by atoms with Crippen molar-refractivity contribution >= 4 is 22.9 Å². The largest absolute Gasteiger partial charge is 0.481 e. The van der Waals surface area contributed by atoms with Gasteiger partial charge in [0, 0.05) is 17.8 Å². The average molecular weight is 441 g/mol. The van der Waals surface area contributed by atoms with Gasteiger partial charge in [0.1, 0.15) is 12.3 Å². The molecular formula is C23H19N7O3. The summed E-state index contributed by atoms with van der Waals surface area (Å²) in [6.07, 6.45) is 4.75. The molecule has 2 N–H and O–H groups in total. The minimum Gasteiger partial charge on any atom is -0.481 e. The van der Waals surface area contributed by atoms with Gasteiger partial charge in [-0.05, 0) is 18.2 Å². The van der Waals surface area contributed by atoms with Crippen LogP contribution in [0.3, 0.4) is 0 Å². The third kappa shape index (κ3) is 4.22. The molecule has 0 saturated carbocycles. The second-order valence-electron chi connectivity index (χ2n) is 7.04. The topological polar surface area (TPSA) is 120 Å². The fourth-order valence-electron chi connectivity index (χ4n) is 3.35. The predicted octanol–water partition coefficient (Wildman–Crippen LogP) is 3.30. The normalized spacial score (nSPS) is 10.8. The molecule has 5 aromatic rings. The summed E-state index contributed by atoms with van der Waals surface area (Å²) in [6, 6.07) is 16.7. The van der Waals surface area contributed by atoms with Crippen LogP contribution in [0.4, 0.5) is 5.95 Å². The van der Waals surface area contributed by atoms with Gasteiger partial charge in [0.25, 0.3) is 5.91 Å². The van der Waals surface area contributed by atoms with E-state index in [0.29, 0.717) is 34.7 Å². The first-order chi connectivity index (χ1) is 16.2. The molecular weight excluding hydrogens is 422 g/mol. The summed E-state index contributed by atoms with van der Waals surface area (Å²) in [6.45, 7) is 0.388. The van der Waals surface area contributed by atoms with Gasteiger partial charge in [-0.1, -0.05) is 30.3 Å². The van der Waals surface area contributed by atoms with Crippen LogP contribution in [0.1, 0.15) is 16.1 Å². The minimum absolute atomic E-state index is 0.199. The average Bonchev–Trinajstić information content (AvgIpc) is 3.53. The molecule has 0 bridgehead atoms. The molecule has 1 aromatic carbocycles. The lowest BCUT2D eigenvalue weighted by atomic mass is 10.1. The van der Waals surface area contributed by atoms with Crippen LogP contribution < -0.4 is 15.6 Å². The zero-order valence-corrected chi connectivity index (χ0v) is 17.6. The van der Waals surface area contributed by atoms with Gasteiger partial charge in [-0.3, -0.25) is 15.6 Å². The Labute approximate surface area is 188 Å². The molecule has 4 aromatic heterocycles. The molecule has 0 radical (unpaired) electrons. The minimum atomic E-state index is -0.386. The number of nitrogens with one attached hydrogen (secondary N) is 2. The third-order valence-corrected chi connectivity index (χ3v) is 4.94. The van der Waals surface area contributed by atoms with Crippen molar-refractivity contribution in [3.8, 4) is 17.1 Å². The molecule has 1 amide bonds. The van der Waals surface area contributed by atoms with Crippen molar-refractivity contribution in [1.82, 2.24) is 30.2 Å². The Morgan fingerprint density at radius 1 is 1.12 bits per heavy atom. The summed E-state index contributed by atoms with van der Waals surface area (Å²) in [5.74, 6) is 0.918. The van der Waals surface area contributed by atoms with Crippen LogP contribution >= 0.6 is 0 Å². The predicted molar refractivity (Wildman–Crippen MR) is 120 cm³/mol. The number of rotatable bonds is 7. The Bertz CT molecular complexity index is 1400. The highest BCUT2D eigenvalue weighted by molar-refractivity contribution is 6.06. The lowest BCUT2D eigenvalue weighted by Crippen LogP contribution is -2.30. The van der Waals surface area contributed by atoms with Gasteiger partial charge >= 0.3 is 0 Å². The summed E-state index contributed by atoms with van der Waals surface area (Å²) in [7, 11) is 1.50. The van der Waals surface area contributed by atoms with Crippen LogP contribution in [0.2, 0.25) is 0 Å². The first-order valence-corrected chi connectivity index (χ1v) is 10.1. The Kier molecular flexibility index (Phi) is 5.38. The molecule has 4 heterocycles. The quantitative estimate of drug-likeness (QED) is 0.369. The van der Waals surface area contributed by atoms with E-state index in [4.69, 9.17) is 14.1 Å². The van der Waals surface area contributed by atoms with Gasteiger partial charge < -0.3 is 9.15 Å². The number of anilines is 1. The smallest absolute Gasteiger partial charge is 0.270 e. The van der Waals surface area contributed by atoms with Gasteiger partial charge in [-0.15, -0.1) is 0 Å². The SMILES string of the molecule is COc1ccnc(NNC(=O)c2cc(-c3ccccc3)nc3c2cnn3Cc2ccco2)n1. The number of nitrogens with zero attached hydrogens (tertiary/aromatic N) is 5. The number of pyridine rings is 1. The molecule has 0 saturated heterocycles. The van der Waals surface area contributed by atoms with Gasteiger partial charge in [0.2, 0.25) is 11.8 Å². The van der Waals surface area contributed by atoms with E-state index in [0.717, 1.165) is 11.3 Å². The lowest BCUT2D eigenvalue weighted by Gasteiger charge is -2.10. The van der Waals surface area contributed by atoms with Crippen molar-refractivity contribution < 1.29 is 13.9 Å². The summed E-state index contributed by atoms with van der Waals surface area (Å²) in [5, 5.41) is 5.05. The number of carbonyl (C=O) groups is 1. The Hall–Kier alpha value is -4.73. The van der Waals surface area contributed by atoms with Crippen molar-refractivity contribution in [1.29, 1.82) is 0 Å². The maximum atomic E-state index is 13.2. The van der Waals surface area contributed by atoms with Crippen molar-refractivity contribution in [2.24, 2.45) is 0 Å². The van der Waals surface area contributed by atoms with Crippen molar-refractivity contribution in [3.05, 3.63) is 84.6 Å². The third-order valence-electron chi connectivity index (χ3n) is 4.94. The number of furan rings is 1. The maximum absolute atomic E-state index is 13.2. The monoisotopic (exact) mass is 441 g/mol. The highest BCUT2D eigenvalue weighted by Gasteiger charge is 2.18. The Morgan fingerprint density at radius 3 is 2.79 bits per heavy atom. The van der Waals surface area contributed by atoms with Crippen LogP contribution in [0.25, 0.3) is 22.3 Å². The van der Waals surface area contributed by atoms with Crippen molar-refractivity contribution in [3.63, 3.8) is 0 Å². The van der Waals surface area contributed by atoms with Gasteiger partial charge in [-0.25, -0.2) is 14.6 Å². The molecule has 0 unspecified atom stereocenters. The second kappa shape index (κ2) is 8.79. The molecule has 33 heavy (non-hydrogen) atoms. The zero-order chi connectivity index (χ0) is 22.6. The van der Waals surface area contributed by atoms with Crippen LogP contribution in [0, 0.1) is 0 Å². The summed E-state index contributed by atoms with van der Waals surface area (Å²) in [4.78, 5) is 26.1. The number of aromatic nitrogens is 5. The van der Waals surface area contributed by atoms with E-state index in [1.165, 1.54) is 13.3 Å². The fraction of sp³-hybridized carbons (Fsp3) is 0.0870. The van der Waals surface area contributed by atoms with Crippen molar-refractivity contribution in [2.75, 3.05) is 12.5 Å². The number of fused-ring (bicyclic) bond motifs is 1. The summed E-state index contributed by atoms with van der Waals surface area (Å²) >= 11 is 0. The number of hydrazine groups is 1. The van der Waals surface area contributed by atoms with Crippen LogP contribution in [0.5, 0.6) is 5.88 Å². The van der Waals surface area contributed by atoms with E-state index in [-0.39, 0.29) is 11.9 Å². The Morgan fingerprint density at radius 2 is 2.00 bits per heavy atom. The van der Waals surface area contributed by atoms with Gasteiger partial charge in [0.05, 0.1) is 36.2 Å². The van der Waals surface area contributed by atoms with Crippen molar-refractivity contribution in [2.45, 2.75) is 6.54 Å². The lowest BCUT2D eigenvalue weighted by molar-refractivity contribution is 0.0964. The first-order valence-electron chi connectivity index (χ1n) is 10.1. The number of amides is 1. The van der Waals surface area contributed by atoms with E-state index < -0.39 is 0 Å². The molecule has 0 aliphatic carbocycles. The number of hydrogen-bond acceptors (Lipinski definition) is 8. The van der Waals surface area contributed by atoms with E-state index in [2.05, 4.69) is 25.9 Å². The van der Waals surface area contributed by atoms with E-state index in [1.54, 1.807) is 29.3 Å². The highest BCUT2D eigenvalue weighted by Crippen LogP contribution is 2.25. The molecule has 10 heteroatoms. The Balaban J connectivity index is 1.52. The number of ether oxygens (including phenoxy) is 1. The van der Waals surface area contributed by atoms with Crippen LogP contribution in [-0.4, -0.2) is 37.7 Å².